The molecule has 1 aliphatic heterocycles. The molecule has 1 saturated heterocycles. The Morgan fingerprint density at radius 3 is 2.35 bits per heavy atom. The Morgan fingerprint density at radius 1 is 1.03 bits per heavy atom. The molecule has 0 radical (unpaired) electrons. The lowest BCUT2D eigenvalue weighted by molar-refractivity contribution is 0.0926. The van der Waals surface area contributed by atoms with Gasteiger partial charge < -0.3 is 20.3 Å². The first-order valence-electron chi connectivity index (χ1n) is 11.1. The Bertz CT molecular complexity index is 891. The van der Waals surface area contributed by atoms with Gasteiger partial charge in [0.2, 0.25) is 0 Å². The van der Waals surface area contributed by atoms with Gasteiger partial charge in [-0.3, -0.25) is 9.59 Å². The van der Waals surface area contributed by atoms with E-state index in [1.54, 1.807) is 19.2 Å². The van der Waals surface area contributed by atoms with Crippen LogP contribution in [0.1, 0.15) is 53.8 Å². The lowest BCUT2D eigenvalue weighted by Gasteiger charge is -2.35. The Kier molecular flexibility index (Phi) is 7.93. The molecule has 6 nitrogen and oxygen atoms in total. The van der Waals surface area contributed by atoms with Crippen molar-refractivity contribution >= 4 is 17.5 Å². The van der Waals surface area contributed by atoms with Gasteiger partial charge in [0.1, 0.15) is 5.75 Å². The van der Waals surface area contributed by atoms with E-state index in [4.69, 9.17) is 4.74 Å². The van der Waals surface area contributed by atoms with E-state index in [0.717, 1.165) is 38.0 Å². The van der Waals surface area contributed by atoms with Crippen LogP contribution >= 0.6 is 0 Å². The van der Waals surface area contributed by atoms with Gasteiger partial charge in [-0.05, 0) is 43.0 Å². The number of hydrogen-bond donors (Lipinski definition) is 2. The summed E-state index contributed by atoms with van der Waals surface area (Å²) in [4.78, 5) is 27.7. The van der Waals surface area contributed by atoms with Crippen LogP contribution in [0, 0.1) is 5.92 Å². The highest BCUT2D eigenvalue weighted by molar-refractivity contribution is 6.00. The van der Waals surface area contributed by atoms with Crippen LogP contribution in [0.25, 0.3) is 0 Å². The van der Waals surface area contributed by atoms with Crippen molar-refractivity contribution in [1.82, 2.24) is 10.6 Å². The topological polar surface area (TPSA) is 70.7 Å². The SMILES string of the molecule is CCC(C)CNC(=O)c1ccccc1N1CCC(NC(=O)c2ccccc2OC)CC1. The van der Waals surface area contributed by atoms with Gasteiger partial charge >= 0.3 is 0 Å². The number of rotatable bonds is 8. The van der Waals surface area contributed by atoms with Gasteiger partial charge in [-0.2, -0.15) is 0 Å². The zero-order valence-electron chi connectivity index (χ0n) is 18.7. The molecular formula is C25H33N3O3. The van der Waals surface area contributed by atoms with E-state index in [0.29, 0.717) is 29.3 Å². The number of nitrogens with zero attached hydrogens (tertiary/aromatic N) is 1. The minimum absolute atomic E-state index is 0.0255. The van der Waals surface area contributed by atoms with Crippen molar-refractivity contribution in [3.63, 3.8) is 0 Å². The van der Waals surface area contributed by atoms with Crippen molar-refractivity contribution < 1.29 is 14.3 Å². The number of carbonyl (C=O) groups excluding carboxylic acids is 2. The van der Waals surface area contributed by atoms with Gasteiger partial charge in [-0.15, -0.1) is 0 Å². The standard InChI is InChI=1S/C25H33N3O3/c1-4-18(2)17-26-24(29)20-9-5-7-11-22(20)28-15-13-19(14-16-28)27-25(30)21-10-6-8-12-23(21)31-3/h5-12,18-19H,4,13-17H2,1-3H3,(H,26,29)(H,27,30). The Balaban J connectivity index is 1.60. The third kappa shape index (κ3) is 5.78. The molecule has 0 saturated carbocycles. The van der Waals surface area contributed by atoms with E-state index in [9.17, 15) is 9.59 Å². The minimum Gasteiger partial charge on any atom is -0.496 e. The predicted molar refractivity (Wildman–Crippen MR) is 124 cm³/mol. The first kappa shape index (κ1) is 22.7. The molecule has 1 aliphatic rings. The minimum atomic E-state index is -0.110. The smallest absolute Gasteiger partial charge is 0.255 e. The largest absolute Gasteiger partial charge is 0.496 e. The first-order valence-corrected chi connectivity index (χ1v) is 11.1. The van der Waals surface area contributed by atoms with E-state index < -0.39 is 0 Å². The van der Waals surface area contributed by atoms with Crippen LogP contribution < -0.4 is 20.3 Å². The third-order valence-electron chi connectivity index (χ3n) is 5.98. The van der Waals surface area contributed by atoms with Gasteiger partial charge in [-0.25, -0.2) is 0 Å². The zero-order chi connectivity index (χ0) is 22.2. The summed E-state index contributed by atoms with van der Waals surface area (Å²) in [6.07, 6.45) is 2.68. The van der Waals surface area contributed by atoms with Crippen LogP contribution in [0.3, 0.4) is 0 Å². The average molecular weight is 424 g/mol. The van der Waals surface area contributed by atoms with Crippen LogP contribution in [-0.2, 0) is 0 Å². The molecule has 6 heteroatoms. The summed E-state index contributed by atoms with van der Waals surface area (Å²) >= 11 is 0. The number of nitrogens with one attached hydrogen (secondary N) is 2. The number of carbonyl (C=O) groups is 2. The number of methoxy groups -OCH3 is 1. The molecule has 2 aromatic carbocycles. The average Bonchev–Trinajstić information content (AvgIpc) is 2.82. The maximum absolute atomic E-state index is 12.7. The summed E-state index contributed by atoms with van der Waals surface area (Å²) in [7, 11) is 1.57. The van der Waals surface area contributed by atoms with Gasteiger partial charge in [-0.1, -0.05) is 44.5 Å². The summed E-state index contributed by atoms with van der Waals surface area (Å²) in [5.41, 5.74) is 2.22. The second-order valence-corrected chi connectivity index (χ2v) is 8.18. The van der Waals surface area contributed by atoms with Crippen LogP contribution in [0.4, 0.5) is 5.69 Å². The number of ether oxygens (including phenoxy) is 1. The number of para-hydroxylation sites is 2. The molecule has 2 amide bonds. The lowest BCUT2D eigenvalue weighted by atomic mass is 10.0. The Hall–Kier alpha value is -3.02. The molecule has 1 atom stereocenters. The van der Waals surface area contributed by atoms with Gasteiger partial charge in [0, 0.05) is 31.4 Å². The highest BCUT2D eigenvalue weighted by Gasteiger charge is 2.24. The van der Waals surface area contributed by atoms with E-state index in [1.807, 2.05) is 36.4 Å². The first-order chi connectivity index (χ1) is 15.0. The molecule has 0 aromatic heterocycles. The number of hydrogen-bond acceptors (Lipinski definition) is 4. The molecule has 1 fully saturated rings. The molecule has 1 unspecified atom stereocenters. The fourth-order valence-corrected chi connectivity index (χ4v) is 3.81. The summed E-state index contributed by atoms with van der Waals surface area (Å²) in [5, 5.41) is 6.19. The van der Waals surface area contributed by atoms with Crippen LogP contribution in [0.2, 0.25) is 0 Å². The molecule has 0 spiro atoms. The van der Waals surface area contributed by atoms with Gasteiger partial charge in [0.15, 0.2) is 0 Å². The molecule has 0 bridgehead atoms. The highest BCUT2D eigenvalue weighted by atomic mass is 16.5. The normalized spacial score (nSPS) is 15.3. The highest BCUT2D eigenvalue weighted by Crippen LogP contribution is 2.25. The fraction of sp³-hybridized carbons (Fsp3) is 0.440. The molecule has 31 heavy (non-hydrogen) atoms. The van der Waals surface area contributed by atoms with E-state index in [2.05, 4.69) is 29.4 Å². The van der Waals surface area contributed by atoms with Crippen LogP contribution in [-0.4, -0.2) is 44.6 Å². The maximum atomic E-state index is 12.7. The molecule has 0 aliphatic carbocycles. The van der Waals surface area contributed by atoms with Crippen LogP contribution in [0.15, 0.2) is 48.5 Å². The van der Waals surface area contributed by atoms with E-state index in [-0.39, 0.29) is 17.9 Å². The van der Waals surface area contributed by atoms with E-state index >= 15 is 0 Å². The van der Waals surface area contributed by atoms with Crippen molar-refractivity contribution in [2.75, 3.05) is 31.6 Å². The fourth-order valence-electron chi connectivity index (χ4n) is 3.81. The lowest BCUT2D eigenvalue weighted by Crippen LogP contribution is -2.45. The Labute approximate surface area is 185 Å². The number of amides is 2. The number of anilines is 1. The van der Waals surface area contributed by atoms with Crippen molar-refractivity contribution in [2.45, 2.75) is 39.2 Å². The van der Waals surface area contributed by atoms with Gasteiger partial charge in [0.05, 0.1) is 18.2 Å². The van der Waals surface area contributed by atoms with Crippen molar-refractivity contribution in [1.29, 1.82) is 0 Å². The summed E-state index contributed by atoms with van der Waals surface area (Å²) in [6.45, 7) is 6.51. The summed E-state index contributed by atoms with van der Waals surface area (Å²) in [5.74, 6) is 0.900. The summed E-state index contributed by atoms with van der Waals surface area (Å²) < 4.78 is 5.30. The van der Waals surface area contributed by atoms with Gasteiger partial charge in [0.25, 0.3) is 11.8 Å². The third-order valence-corrected chi connectivity index (χ3v) is 5.98. The second-order valence-electron chi connectivity index (χ2n) is 8.18. The molecule has 2 aromatic rings. The van der Waals surface area contributed by atoms with Crippen molar-refractivity contribution in [3.05, 3.63) is 59.7 Å². The quantitative estimate of drug-likeness (QED) is 0.676. The molecule has 166 valence electrons. The summed E-state index contributed by atoms with van der Waals surface area (Å²) in [6, 6.07) is 15.1. The van der Waals surface area contributed by atoms with E-state index in [1.165, 1.54) is 0 Å². The monoisotopic (exact) mass is 423 g/mol. The number of piperidine rings is 1. The molecule has 3 rings (SSSR count). The Morgan fingerprint density at radius 2 is 1.68 bits per heavy atom. The zero-order valence-corrected chi connectivity index (χ0v) is 18.7. The predicted octanol–water partition coefficient (Wildman–Crippen LogP) is 3.87. The second kappa shape index (κ2) is 10.8. The van der Waals surface area contributed by atoms with Crippen LogP contribution in [0.5, 0.6) is 5.75 Å². The molecular weight excluding hydrogens is 390 g/mol. The van der Waals surface area contributed by atoms with Crippen molar-refractivity contribution in [2.24, 2.45) is 5.92 Å². The molecule has 1 heterocycles. The number of benzene rings is 2. The molecule has 2 N–H and O–H groups in total. The maximum Gasteiger partial charge on any atom is 0.255 e. The van der Waals surface area contributed by atoms with Crippen molar-refractivity contribution in [3.8, 4) is 5.75 Å².